The molecule has 5 nitrogen and oxygen atoms in total. The number of ketones is 1. The smallest absolute Gasteiger partial charge is 0.155 e. The van der Waals surface area contributed by atoms with Gasteiger partial charge in [0.1, 0.15) is 0 Å². The highest BCUT2D eigenvalue weighted by atomic mass is 16.3. The molecule has 0 saturated heterocycles. The standard InChI is InChI=1S/C5H8O2.3H2O/c1-4(6)3-5(2)7;;;/h3,6H,1-2H3;3*1H2/b4-3-;;;. The normalized spacial score (nSPS) is 8.00. The summed E-state index contributed by atoms with van der Waals surface area (Å²) in [5, 5.41) is 8.36. The molecule has 0 aromatic rings. The van der Waals surface area contributed by atoms with Crippen molar-refractivity contribution >= 4 is 5.78 Å². The number of aliphatic hydroxyl groups is 1. The number of carbonyl (C=O) groups is 1. The monoisotopic (exact) mass is 154 g/mol. The molecule has 0 heterocycles. The number of hydrogen-bond donors (Lipinski definition) is 1. The summed E-state index contributed by atoms with van der Waals surface area (Å²) < 4.78 is 0. The van der Waals surface area contributed by atoms with Gasteiger partial charge >= 0.3 is 0 Å². The van der Waals surface area contributed by atoms with Crippen LogP contribution in [0.1, 0.15) is 13.8 Å². The lowest BCUT2D eigenvalue weighted by molar-refractivity contribution is -0.112. The van der Waals surface area contributed by atoms with E-state index < -0.39 is 0 Å². The van der Waals surface area contributed by atoms with Gasteiger partial charge < -0.3 is 21.5 Å². The Kier molecular flexibility index (Phi) is 25.2. The second-order valence-corrected chi connectivity index (χ2v) is 1.40. The van der Waals surface area contributed by atoms with Crippen molar-refractivity contribution in [3.8, 4) is 0 Å². The molecule has 0 atom stereocenters. The van der Waals surface area contributed by atoms with Gasteiger partial charge in [-0.05, 0) is 13.8 Å². The first-order valence-corrected chi connectivity index (χ1v) is 2.01. The van der Waals surface area contributed by atoms with Crippen molar-refractivity contribution in [2.75, 3.05) is 0 Å². The van der Waals surface area contributed by atoms with Gasteiger partial charge in [0.05, 0.1) is 5.76 Å². The Labute approximate surface area is 58.9 Å². The number of hydrogen-bond acceptors (Lipinski definition) is 2. The van der Waals surface area contributed by atoms with Gasteiger partial charge in [-0.3, -0.25) is 4.79 Å². The molecule has 0 spiro atoms. The zero-order valence-corrected chi connectivity index (χ0v) is 5.93. The summed E-state index contributed by atoms with van der Waals surface area (Å²) in [5.41, 5.74) is 0. The maximum absolute atomic E-state index is 10.0. The van der Waals surface area contributed by atoms with Crippen LogP contribution >= 0.6 is 0 Å². The van der Waals surface area contributed by atoms with Gasteiger partial charge in [-0.2, -0.15) is 0 Å². The highest BCUT2D eigenvalue weighted by Crippen LogP contribution is 1.82. The summed E-state index contributed by atoms with van der Waals surface area (Å²) in [6.45, 7) is 2.85. The largest absolute Gasteiger partial charge is 0.512 e. The molecule has 0 unspecified atom stereocenters. The molecule has 0 aliphatic heterocycles. The molecule has 0 aliphatic carbocycles. The minimum absolute atomic E-state index is 0. The van der Waals surface area contributed by atoms with Gasteiger partial charge in [0.15, 0.2) is 5.78 Å². The summed E-state index contributed by atoms with van der Waals surface area (Å²) in [6.07, 6.45) is 1.17. The highest BCUT2D eigenvalue weighted by Gasteiger charge is 1.82. The van der Waals surface area contributed by atoms with Crippen molar-refractivity contribution in [2.45, 2.75) is 13.8 Å². The van der Waals surface area contributed by atoms with E-state index >= 15 is 0 Å². The Morgan fingerprint density at radius 3 is 1.50 bits per heavy atom. The van der Waals surface area contributed by atoms with Gasteiger partial charge in [0.2, 0.25) is 0 Å². The molecule has 0 aromatic heterocycles. The fourth-order valence-electron chi connectivity index (χ4n) is 0.294. The van der Waals surface area contributed by atoms with Gasteiger partial charge in [-0.15, -0.1) is 0 Å². The van der Waals surface area contributed by atoms with Crippen LogP contribution in [0, 0.1) is 0 Å². The Morgan fingerprint density at radius 2 is 1.50 bits per heavy atom. The molecule has 0 aliphatic rings. The van der Waals surface area contributed by atoms with Crippen LogP contribution in [0.25, 0.3) is 0 Å². The number of rotatable bonds is 1. The van der Waals surface area contributed by atoms with E-state index in [9.17, 15) is 4.79 Å². The van der Waals surface area contributed by atoms with Crippen LogP contribution in [-0.2, 0) is 4.79 Å². The molecule has 5 heteroatoms. The van der Waals surface area contributed by atoms with Crippen LogP contribution in [0.3, 0.4) is 0 Å². The summed E-state index contributed by atoms with van der Waals surface area (Å²) in [4.78, 5) is 10.0. The molecule has 7 N–H and O–H groups in total. The average Bonchev–Trinajstić information content (AvgIpc) is 1.27. The summed E-state index contributed by atoms with van der Waals surface area (Å²) in [7, 11) is 0. The van der Waals surface area contributed by atoms with Crippen molar-refractivity contribution in [3.05, 3.63) is 11.8 Å². The predicted molar refractivity (Wildman–Crippen MR) is 37.9 cm³/mol. The van der Waals surface area contributed by atoms with E-state index in [4.69, 9.17) is 5.11 Å². The quantitative estimate of drug-likeness (QED) is 0.366. The first-order valence-electron chi connectivity index (χ1n) is 2.01. The Bertz CT molecular complexity index is 103. The molecule has 0 amide bonds. The van der Waals surface area contributed by atoms with E-state index in [-0.39, 0.29) is 28.0 Å². The lowest BCUT2D eigenvalue weighted by Gasteiger charge is -1.80. The molecule has 0 saturated carbocycles. The number of aliphatic hydroxyl groups excluding tert-OH is 1. The van der Waals surface area contributed by atoms with Crippen LogP contribution in [0.15, 0.2) is 11.8 Å². The first kappa shape index (κ1) is 23.0. The van der Waals surface area contributed by atoms with Crippen molar-refractivity contribution in [1.29, 1.82) is 0 Å². The number of carbonyl (C=O) groups excluding carboxylic acids is 1. The maximum atomic E-state index is 10.0. The Hall–Kier alpha value is -0.910. The molecule has 0 bridgehead atoms. The van der Waals surface area contributed by atoms with E-state index in [1.165, 1.54) is 19.9 Å². The van der Waals surface area contributed by atoms with Gasteiger partial charge in [-0.1, -0.05) is 0 Å². The summed E-state index contributed by atoms with van der Waals surface area (Å²) in [5.74, 6) is -0.0625. The summed E-state index contributed by atoms with van der Waals surface area (Å²) in [6, 6.07) is 0. The maximum Gasteiger partial charge on any atom is 0.155 e. The zero-order valence-electron chi connectivity index (χ0n) is 5.93. The second-order valence-electron chi connectivity index (χ2n) is 1.40. The lowest BCUT2D eigenvalue weighted by atomic mass is 10.4. The molecular weight excluding hydrogens is 140 g/mol. The lowest BCUT2D eigenvalue weighted by Crippen LogP contribution is -1.82. The predicted octanol–water partition coefficient (Wildman–Crippen LogP) is -1.44. The van der Waals surface area contributed by atoms with Gasteiger partial charge in [0, 0.05) is 6.08 Å². The third kappa shape index (κ3) is 27.5. The van der Waals surface area contributed by atoms with Crippen molar-refractivity contribution < 1.29 is 26.3 Å². The molecule has 0 fully saturated rings. The zero-order chi connectivity index (χ0) is 5.86. The number of allylic oxidation sites excluding steroid dienone is 2. The van der Waals surface area contributed by atoms with Crippen LogP contribution in [-0.4, -0.2) is 27.3 Å². The summed E-state index contributed by atoms with van der Waals surface area (Å²) >= 11 is 0. The molecule has 64 valence electrons. The molecule has 0 radical (unpaired) electrons. The minimum Gasteiger partial charge on any atom is -0.512 e. The van der Waals surface area contributed by atoms with Gasteiger partial charge in [-0.25, -0.2) is 0 Å². The molecular formula is C5H14O5. The van der Waals surface area contributed by atoms with Crippen molar-refractivity contribution in [3.63, 3.8) is 0 Å². The van der Waals surface area contributed by atoms with Crippen LogP contribution in [0.2, 0.25) is 0 Å². The Balaban J connectivity index is -0.0000000600. The van der Waals surface area contributed by atoms with E-state index in [0.29, 0.717) is 0 Å². The highest BCUT2D eigenvalue weighted by molar-refractivity contribution is 5.87. The third-order valence-corrected chi connectivity index (χ3v) is 0.412. The van der Waals surface area contributed by atoms with E-state index in [0.717, 1.165) is 0 Å². The van der Waals surface area contributed by atoms with Crippen molar-refractivity contribution in [1.82, 2.24) is 0 Å². The second kappa shape index (κ2) is 11.0. The first-order chi connectivity index (χ1) is 3.13. The fraction of sp³-hybridized carbons (Fsp3) is 0.400. The molecule has 0 rings (SSSR count). The van der Waals surface area contributed by atoms with Crippen LogP contribution in [0.4, 0.5) is 0 Å². The topological polar surface area (TPSA) is 132 Å². The van der Waals surface area contributed by atoms with Crippen LogP contribution < -0.4 is 0 Å². The third-order valence-electron chi connectivity index (χ3n) is 0.412. The van der Waals surface area contributed by atoms with Crippen molar-refractivity contribution in [2.24, 2.45) is 0 Å². The SMILES string of the molecule is CC(=O)/C=C(/C)O.O.O.O. The van der Waals surface area contributed by atoms with E-state index in [2.05, 4.69) is 0 Å². The van der Waals surface area contributed by atoms with E-state index in [1.807, 2.05) is 0 Å². The fourth-order valence-corrected chi connectivity index (χ4v) is 0.294. The molecule has 10 heavy (non-hydrogen) atoms. The average molecular weight is 154 g/mol. The molecule has 0 aromatic carbocycles. The van der Waals surface area contributed by atoms with Gasteiger partial charge in [0.25, 0.3) is 0 Å². The minimum atomic E-state index is -0.125. The van der Waals surface area contributed by atoms with E-state index in [1.54, 1.807) is 0 Å². The Morgan fingerprint density at radius 1 is 1.20 bits per heavy atom. The van der Waals surface area contributed by atoms with Crippen LogP contribution in [0.5, 0.6) is 0 Å².